The molecule has 0 aliphatic rings. The number of fused-ring (bicyclic) bond motifs is 1. The molecule has 0 saturated heterocycles. The van der Waals surface area contributed by atoms with E-state index in [9.17, 15) is 0 Å². The molecule has 80 valence electrons. The Kier molecular flexibility index (Phi) is 3.23. The first-order valence-corrected chi connectivity index (χ1v) is 4.98. The molecule has 1 aromatic carbocycles. The molecule has 3 aromatic rings. The molecule has 0 radical (unpaired) electrons. The van der Waals surface area contributed by atoms with Crippen molar-refractivity contribution in [2.75, 3.05) is 0 Å². The molecule has 0 saturated carbocycles. The molecule has 0 bridgehead atoms. The third-order valence-corrected chi connectivity index (χ3v) is 2.05. The molecule has 1 N–H and O–H groups in total. The van der Waals surface area contributed by atoms with Crippen LogP contribution in [0.1, 0.15) is 5.69 Å². The SMILES string of the molecule is Cc1cn[nH]n1.c1ccc2ncccc2c1. The molecule has 0 atom stereocenters. The van der Waals surface area contributed by atoms with Crippen LogP contribution in [0.3, 0.4) is 0 Å². The number of pyridine rings is 1. The molecule has 0 amide bonds. The highest BCUT2D eigenvalue weighted by Gasteiger charge is 1.86. The second-order valence-corrected chi connectivity index (χ2v) is 3.31. The van der Waals surface area contributed by atoms with Gasteiger partial charge in [-0.2, -0.15) is 15.4 Å². The summed E-state index contributed by atoms with van der Waals surface area (Å²) in [6.07, 6.45) is 3.47. The predicted molar refractivity (Wildman–Crippen MR) is 62.9 cm³/mol. The van der Waals surface area contributed by atoms with Gasteiger partial charge in [0.05, 0.1) is 17.4 Å². The second-order valence-electron chi connectivity index (χ2n) is 3.31. The Morgan fingerprint density at radius 2 is 1.88 bits per heavy atom. The maximum absolute atomic E-state index is 4.18. The average molecular weight is 212 g/mol. The topological polar surface area (TPSA) is 54.5 Å². The van der Waals surface area contributed by atoms with Gasteiger partial charge in [0.1, 0.15) is 0 Å². The number of nitrogens with one attached hydrogen (secondary N) is 1. The van der Waals surface area contributed by atoms with E-state index >= 15 is 0 Å². The first-order valence-electron chi connectivity index (χ1n) is 4.98. The number of H-pyrrole nitrogens is 1. The summed E-state index contributed by atoms with van der Waals surface area (Å²) in [6, 6.07) is 12.1. The van der Waals surface area contributed by atoms with E-state index in [0.717, 1.165) is 11.2 Å². The largest absolute Gasteiger partial charge is 0.256 e. The van der Waals surface area contributed by atoms with Crippen LogP contribution in [0.4, 0.5) is 0 Å². The summed E-state index contributed by atoms with van der Waals surface area (Å²) in [4.78, 5) is 4.18. The Morgan fingerprint density at radius 1 is 1.06 bits per heavy atom. The lowest BCUT2D eigenvalue weighted by Gasteiger charge is -1.91. The van der Waals surface area contributed by atoms with E-state index in [-0.39, 0.29) is 0 Å². The van der Waals surface area contributed by atoms with Crippen molar-refractivity contribution >= 4 is 10.9 Å². The summed E-state index contributed by atoms with van der Waals surface area (Å²) >= 11 is 0. The predicted octanol–water partition coefficient (Wildman–Crippen LogP) is 2.35. The quantitative estimate of drug-likeness (QED) is 0.622. The minimum atomic E-state index is 0.926. The van der Waals surface area contributed by atoms with Crippen molar-refractivity contribution in [1.82, 2.24) is 20.4 Å². The van der Waals surface area contributed by atoms with Gasteiger partial charge >= 0.3 is 0 Å². The van der Waals surface area contributed by atoms with Gasteiger partial charge < -0.3 is 0 Å². The molecule has 0 aliphatic heterocycles. The summed E-state index contributed by atoms with van der Waals surface area (Å²) in [5.41, 5.74) is 1.99. The lowest BCUT2D eigenvalue weighted by Crippen LogP contribution is -1.73. The van der Waals surface area contributed by atoms with E-state index in [2.05, 4.69) is 32.5 Å². The number of para-hydroxylation sites is 1. The van der Waals surface area contributed by atoms with Crippen molar-refractivity contribution in [1.29, 1.82) is 0 Å². The molecule has 0 aliphatic carbocycles. The van der Waals surface area contributed by atoms with Crippen LogP contribution in [0, 0.1) is 6.92 Å². The third kappa shape index (κ3) is 2.63. The van der Waals surface area contributed by atoms with Crippen LogP contribution < -0.4 is 0 Å². The molecule has 4 nitrogen and oxygen atoms in total. The van der Waals surface area contributed by atoms with Gasteiger partial charge in [0.15, 0.2) is 0 Å². The number of aryl methyl sites for hydroxylation is 1. The van der Waals surface area contributed by atoms with E-state index in [1.54, 1.807) is 6.20 Å². The molecule has 4 heteroatoms. The number of hydrogen-bond acceptors (Lipinski definition) is 3. The number of rotatable bonds is 0. The van der Waals surface area contributed by atoms with Crippen molar-refractivity contribution < 1.29 is 0 Å². The standard InChI is InChI=1S/C9H7N.C3H5N3/c1-2-6-9-8(4-1)5-3-7-10-9;1-3-2-4-6-5-3/h1-7H;2H,1H3,(H,4,5,6). The smallest absolute Gasteiger partial charge is 0.0793 e. The average Bonchev–Trinajstić information content (AvgIpc) is 2.81. The maximum atomic E-state index is 4.18. The van der Waals surface area contributed by atoms with Crippen molar-refractivity contribution in [3.63, 3.8) is 0 Å². The molecule has 16 heavy (non-hydrogen) atoms. The van der Waals surface area contributed by atoms with Crippen molar-refractivity contribution in [2.45, 2.75) is 6.92 Å². The Bertz CT molecular complexity index is 480. The summed E-state index contributed by atoms with van der Waals surface area (Å²) in [7, 11) is 0. The van der Waals surface area contributed by atoms with Gasteiger partial charge in [-0.25, -0.2) is 0 Å². The lowest BCUT2D eigenvalue weighted by molar-refractivity contribution is 0.928. The van der Waals surface area contributed by atoms with Crippen LogP contribution in [-0.4, -0.2) is 20.4 Å². The van der Waals surface area contributed by atoms with E-state index in [1.165, 1.54) is 5.39 Å². The minimum Gasteiger partial charge on any atom is -0.256 e. The van der Waals surface area contributed by atoms with Crippen LogP contribution in [0.15, 0.2) is 48.8 Å². The van der Waals surface area contributed by atoms with Crippen molar-refractivity contribution in [3.05, 3.63) is 54.5 Å². The number of benzene rings is 1. The van der Waals surface area contributed by atoms with E-state index in [1.807, 2.05) is 37.4 Å². The first kappa shape index (κ1) is 10.3. The van der Waals surface area contributed by atoms with Gasteiger partial charge in [-0.15, -0.1) is 0 Å². The molecule has 3 rings (SSSR count). The van der Waals surface area contributed by atoms with Crippen LogP contribution in [0.2, 0.25) is 0 Å². The monoisotopic (exact) mass is 212 g/mol. The maximum Gasteiger partial charge on any atom is 0.0793 e. The highest BCUT2D eigenvalue weighted by Crippen LogP contribution is 2.07. The highest BCUT2D eigenvalue weighted by molar-refractivity contribution is 5.77. The van der Waals surface area contributed by atoms with Gasteiger partial charge in [0.2, 0.25) is 0 Å². The summed E-state index contributed by atoms with van der Waals surface area (Å²) < 4.78 is 0. The fraction of sp³-hybridized carbons (Fsp3) is 0.0833. The summed E-state index contributed by atoms with van der Waals surface area (Å²) in [6.45, 7) is 1.88. The van der Waals surface area contributed by atoms with Crippen molar-refractivity contribution in [2.24, 2.45) is 0 Å². The van der Waals surface area contributed by atoms with Crippen LogP contribution >= 0.6 is 0 Å². The van der Waals surface area contributed by atoms with Gasteiger partial charge in [0, 0.05) is 11.6 Å². The summed E-state index contributed by atoms with van der Waals surface area (Å²) in [5.74, 6) is 0. The Balaban J connectivity index is 0.000000138. The fourth-order valence-corrected chi connectivity index (χ4v) is 1.27. The fourth-order valence-electron chi connectivity index (χ4n) is 1.27. The van der Waals surface area contributed by atoms with E-state index in [4.69, 9.17) is 0 Å². The van der Waals surface area contributed by atoms with Crippen LogP contribution in [0.5, 0.6) is 0 Å². The van der Waals surface area contributed by atoms with Gasteiger partial charge in [-0.05, 0) is 19.1 Å². The first-order chi connectivity index (χ1) is 7.86. The molecule has 0 fully saturated rings. The second kappa shape index (κ2) is 5.02. The zero-order valence-electron chi connectivity index (χ0n) is 8.96. The Labute approximate surface area is 93.3 Å². The zero-order chi connectivity index (χ0) is 11.2. The molecular weight excluding hydrogens is 200 g/mol. The molecular formula is C12H12N4. The van der Waals surface area contributed by atoms with Gasteiger partial charge in [-0.3, -0.25) is 4.98 Å². The normalized spacial score (nSPS) is 9.56. The Hall–Kier alpha value is -2.23. The zero-order valence-corrected chi connectivity index (χ0v) is 8.96. The molecule has 2 heterocycles. The van der Waals surface area contributed by atoms with Crippen LogP contribution in [0.25, 0.3) is 10.9 Å². The molecule has 2 aromatic heterocycles. The number of aromatic amines is 1. The lowest BCUT2D eigenvalue weighted by atomic mass is 10.2. The van der Waals surface area contributed by atoms with Gasteiger partial charge in [0.25, 0.3) is 0 Å². The molecule has 0 spiro atoms. The van der Waals surface area contributed by atoms with E-state index < -0.39 is 0 Å². The summed E-state index contributed by atoms with van der Waals surface area (Å²) in [5, 5.41) is 10.9. The number of aromatic nitrogens is 4. The van der Waals surface area contributed by atoms with Gasteiger partial charge in [-0.1, -0.05) is 24.3 Å². The third-order valence-electron chi connectivity index (χ3n) is 2.05. The highest BCUT2D eigenvalue weighted by atomic mass is 15.3. The Morgan fingerprint density at radius 3 is 2.50 bits per heavy atom. The van der Waals surface area contributed by atoms with Crippen molar-refractivity contribution in [3.8, 4) is 0 Å². The number of hydrogen-bond donors (Lipinski definition) is 1. The minimum absolute atomic E-state index is 0.926. The van der Waals surface area contributed by atoms with E-state index in [0.29, 0.717) is 0 Å². The molecule has 0 unspecified atom stereocenters. The van der Waals surface area contributed by atoms with Crippen LogP contribution in [-0.2, 0) is 0 Å². The number of nitrogens with zero attached hydrogens (tertiary/aromatic N) is 3.